The van der Waals surface area contributed by atoms with Crippen molar-refractivity contribution in [1.82, 2.24) is 0 Å². The van der Waals surface area contributed by atoms with Gasteiger partial charge in [0.1, 0.15) is 5.75 Å². The lowest BCUT2D eigenvalue weighted by Gasteiger charge is -2.11. The van der Waals surface area contributed by atoms with Gasteiger partial charge in [0.2, 0.25) is 0 Å². The van der Waals surface area contributed by atoms with E-state index in [0.717, 1.165) is 17.0 Å². The van der Waals surface area contributed by atoms with Crippen LogP contribution in [-0.4, -0.2) is 14.2 Å². The van der Waals surface area contributed by atoms with Gasteiger partial charge in [0.25, 0.3) is 0 Å². The summed E-state index contributed by atoms with van der Waals surface area (Å²) in [5, 5.41) is 3.11. The summed E-state index contributed by atoms with van der Waals surface area (Å²) < 4.78 is 5.25. The van der Waals surface area contributed by atoms with Crippen molar-refractivity contribution < 1.29 is 4.74 Å². The third kappa shape index (κ3) is 1.83. The second-order valence-electron chi connectivity index (χ2n) is 2.88. The second-order valence-corrected chi connectivity index (χ2v) is 2.88. The molecule has 0 bridgehead atoms. The molecule has 0 fully saturated rings. The molecular weight excluding hydrogens is 162 g/mol. The first kappa shape index (κ1) is 9.65. The maximum absolute atomic E-state index is 5.25. The van der Waals surface area contributed by atoms with E-state index in [1.54, 1.807) is 13.2 Å². The molecule has 2 heteroatoms. The van der Waals surface area contributed by atoms with Crippen LogP contribution in [0.15, 0.2) is 18.7 Å². The number of methoxy groups -OCH3 is 1. The first-order chi connectivity index (χ1) is 6.22. The van der Waals surface area contributed by atoms with Crippen molar-refractivity contribution in [2.75, 3.05) is 19.5 Å². The Bertz CT molecular complexity index is 293. The molecular formula is C11H15NO. The topological polar surface area (TPSA) is 21.3 Å². The largest absolute Gasteiger partial charge is 0.496 e. The molecule has 2 nitrogen and oxygen atoms in total. The van der Waals surface area contributed by atoms with E-state index >= 15 is 0 Å². The van der Waals surface area contributed by atoms with Crippen molar-refractivity contribution in [1.29, 1.82) is 0 Å². The van der Waals surface area contributed by atoms with E-state index in [2.05, 4.69) is 18.0 Å². The van der Waals surface area contributed by atoms with Gasteiger partial charge in [-0.1, -0.05) is 12.7 Å². The second kappa shape index (κ2) is 3.99. The molecule has 0 radical (unpaired) electrons. The summed E-state index contributed by atoms with van der Waals surface area (Å²) in [4.78, 5) is 0. The smallest absolute Gasteiger partial charge is 0.128 e. The maximum Gasteiger partial charge on any atom is 0.128 e. The molecule has 1 rings (SSSR count). The van der Waals surface area contributed by atoms with Gasteiger partial charge < -0.3 is 10.1 Å². The number of rotatable bonds is 3. The number of aryl methyl sites for hydroxylation is 1. The zero-order valence-corrected chi connectivity index (χ0v) is 8.35. The molecule has 0 spiro atoms. The van der Waals surface area contributed by atoms with Crippen LogP contribution in [0.4, 0.5) is 5.69 Å². The van der Waals surface area contributed by atoms with E-state index < -0.39 is 0 Å². The molecule has 0 unspecified atom stereocenters. The van der Waals surface area contributed by atoms with E-state index in [1.807, 2.05) is 20.0 Å². The van der Waals surface area contributed by atoms with E-state index in [1.165, 1.54) is 5.56 Å². The van der Waals surface area contributed by atoms with Gasteiger partial charge in [0.05, 0.1) is 7.11 Å². The molecule has 0 aromatic heterocycles. The number of hydrogen-bond acceptors (Lipinski definition) is 2. The van der Waals surface area contributed by atoms with Crippen molar-refractivity contribution in [3.63, 3.8) is 0 Å². The number of anilines is 1. The SMILES string of the molecule is C=Cc1c(NC)cc(C)cc1OC. The minimum Gasteiger partial charge on any atom is -0.496 e. The fraction of sp³-hybridized carbons (Fsp3) is 0.273. The summed E-state index contributed by atoms with van der Waals surface area (Å²) in [7, 11) is 3.56. The third-order valence-electron chi connectivity index (χ3n) is 1.98. The Hall–Kier alpha value is -1.44. The van der Waals surface area contributed by atoms with Crippen LogP contribution in [-0.2, 0) is 0 Å². The van der Waals surface area contributed by atoms with E-state index in [-0.39, 0.29) is 0 Å². The Balaban J connectivity index is 3.33. The summed E-state index contributed by atoms with van der Waals surface area (Å²) in [6.45, 7) is 5.80. The average molecular weight is 177 g/mol. The first-order valence-electron chi connectivity index (χ1n) is 4.21. The van der Waals surface area contributed by atoms with Crippen LogP contribution >= 0.6 is 0 Å². The Labute approximate surface area is 79.2 Å². The molecule has 1 aromatic rings. The van der Waals surface area contributed by atoms with Gasteiger partial charge in [0.15, 0.2) is 0 Å². The van der Waals surface area contributed by atoms with E-state index in [9.17, 15) is 0 Å². The minimum absolute atomic E-state index is 0.861. The monoisotopic (exact) mass is 177 g/mol. The van der Waals surface area contributed by atoms with Crippen molar-refractivity contribution in [3.05, 3.63) is 29.8 Å². The number of nitrogens with one attached hydrogen (secondary N) is 1. The predicted octanol–water partition coefficient (Wildman–Crippen LogP) is 2.69. The summed E-state index contributed by atoms with van der Waals surface area (Å²) in [5.74, 6) is 0.861. The van der Waals surface area contributed by atoms with Gasteiger partial charge in [-0.15, -0.1) is 0 Å². The molecule has 0 aliphatic carbocycles. The molecule has 1 N–H and O–H groups in total. The third-order valence-corrected chi connectivity index (χ3v) is 1.98. The number of ether oxygens (including phenoxy) is 1. The molecule has 0 amide bonds. The molecule has 0 saturated heterocycles. The van der Waals surface area contributed by atoms with Crippen molar-refractivity contribution in [3.8, 4) is 5.75 Å². The molecule has 1 aromatic carbocycles. The number of benzene rings is 1. The average Bonchev–Trinajstić information content (AvgIpc) is 2.16. The van der Waals surface area contributed by atoms with Crippen molar-refractivity contribution in [2.45, 2.75) is 6.92 Å². The lowest BCUT2D eigenvalue weighted by Crippen LogP contribution is -1.96. The quantitative estimate of drug-likeness (QED) is 0.766. The molecule has 0 atom stereocenters. The molecule has 0 aliphatic heterocycles. The zero-order chi connectivity index (χ0) is 9.84. The van der Waals surface area contributed by atoms with E-state index in [4.69, 9.17) is 4.74 Å². The molecule has 0 saturated carbocycles. The van der Waals surface area contributed by atoms with Gasteiger partial charge in [-0.05, 0) is 24.6 Å². The van der Waals surface area contributed by atoms with Crippen molar-refractivity contribution >= 4 is 11.8 Å². The van der Waals surface area contributed by atoms with Gasteiger partial charge >= 0.3 is 0 Å². The summed E-state index contributed by atoms with van der Waals surface area (Å²) in [5.41, 5.74) is 3.23. The molecule has 70 valence electrons. The molecule has 0 aliphatic rings. The highest BCUT2D eigenvalue weighted by atomic mass is 16.5. The van der Waals surface area contributed by atoms with Gasteiger partial charge in [-0.3, -0.25) is 0 Å². The lowest BCUT2D eigenvalue weighted by molar-refractivity contribution is 0.414. The van der Waals surface area contributed by atoms with Crippen LogP contribution < -0.4 is 10.1 Å². The van der Waals surface area contributed by atoms with Gasteiger partial charge in [0, 0.05) is 18.3 Å². The van der Waals surface area contributed by atoms with Crippen molar-refractivity contribution in [2.24, 2.45) is 0 Å². The first-order valence-corrected chi connectivity index (χ1v) is 4.21. The Morgan fingerprint density at radius 2 is 2.15 bits per heavy atom. The van der Waals surface area contributed by atoms with E-state index in [0.29, 0.717) is 0 Å². The van der Waals surface area contributed by atoms with Gasteiger partial charge in [-0.2, -0.15) is 0 Å². The Kier molecular flexibility index (Phi) is 2.96. The van der Waals surface area contributed by atoms with Crippen LogP contribution in [0.2, 0.25) is 0 Å². The standard InChI is InChI=1S/C11H15NO/c1-5-9-10(12-3)6-8(2)7-11(9)13-4/h5-7,12H,1H2,2-4H3. The highest BCUT2D eigenvalue weighted by Gasteiger charge is 2.05. The van der Waals surface area contributed by atoms with Gasteiger partial charge in [-0.25, -0.2) is 0 Å². The van der Waals surface area contributed by atoms with Crippen LogP contribution in [0.5, 0.6) is 5.75 Å². The molecule has 13 heavy (non-hydrogen) atoms. The lowest BCUT2D eigenvalue weighted by atomic mass is 10.1. The Morgan fingerprint density at radius 1 is 1.46 bits per heavy atom. The zero-order valence-electron chi connectivity index (χ0n) is 8.35. The predicted molar refractivity (Wildman–Crippen MR) is 57.4 cm³/mol. The highest BCUT2D eigenvalue weighted by Crippen LogP contribution is 2.28. The Morgan fingerprint density at radius 3 is 2.62 bits per heavy atom. The van der Waals surface area contributed by atoms with Crippen LogP contribution in [0, 0.1) is 6.92 Å². The fourth-order valence-electron chi connectivity index (χ4n) is 1.35. The minimum atomic E-state index is 0.861. The highest BCUT2D eigenvalue weighted by molar-refractivity contribution is 5.72. The summed E-state index contributed by atoms with van der Waals surface area (Å²) >= 11 is 0. The summed E-state index contributed by atoms with van der Waals surface area (Å²) in [6.07, 6.45) is 1.80. The van der Waals surface area contributed by atoms with Crippen LogP contribution in [0.1, 0.15) is 11.1 Å². The molecule has 0 heterocycles. The normalized spacial score (nSPS) is 9.46. The fourth-order valence-corrected chi connectivity index (χ4v) is 1.35. The maximum atomic E-state index is 5.25. The van der Waals surface area contributed by atoms with Crippen LogP contribution in [0.3, 0.4) is 0 Å². The summed E-state index contributed by atoms with van der Waals surface area (Å²) in [6, 6.07) is 4.07. The number of hydrogen-bond donors (Lipinski definition) is 1. The van der Waals surface area contributed by atoms with Crippen LogP contribution in [0.25, 0.3) is 6.08 Å².